The molecule has 0 aliphatic carbocycles. The van der Waals surface area contributed by atoms with E-state index < -0.39 is 0 Å². The molecule has 0 unspecified atom stereocenters. The van der Waals surface area contributed by atoms with Crippen LogP contribution >= 0.6 is 11.6 Å². The second-order valence-electron chi connectivity index (χ2n) is 8.24. The molecular weight excluding hydrogens is 363 g/mol. The van der Waals surface area contributed by atoms with Crippen molar-refractivity contribution in [1.82, 2.24) is 4.90 Å². The monoisotopic (exact) mass is 386 g/mol. The van der Waals surface area contributed by atoms with E-state index in [1.54, 1.807) is 36.4 Å². The van der Waals surface area contributed by atoms with Gasteiger partial charge in [0, 0.05) is 40.9 Å². The molecule has 2 aromatic rings. The maximum absolute atomic E-state index is 13.8. The first-order chi connectivity index (χ1) is 12.8. The van der Waals surface area contributed by atoms with Crippen molar-refractivity contribution < 1.29 is 9.18 Å². The lowest BCUT2D eigenvalue weighted by Crippen LogP contribution is -2.50. The number of nitrogens with zero attached hydrogens (tertiary/aromatic N) is 2. The molecule has 2 saturated heterocycles. The minimum absolute atomic E-state index is 0.0622. The third-order valence-corrected chi connectivity index (χ3v) is 6.16. The molecular formula is C22H24ClFN2O. The topological polar surface area (TPSA) is 23.6 Å². The van der Waals surface area contributed by atoms with Crippen LogP contribution in [0.5, 0.6) is 0 Å². The number of amides is 1. The van der Waals surface area contributed by atoms with Crippen LogP contribution in [0.1, 0.15) is 37.0 Å². The Morgan fingerprint density at radius 3 is 2.63 bits per heavy atom. The summed E-state index contributed by atoms with van der Waals surface area (Å²) in [4.78, 5) is 17.2. The molecule has 2 fully saturated rings. The largest absolute Gasteiger partial charge is 0.363 e. The second kappa shape index (κ2) is 6.83. The van der Waals surface area contributed by atoms with Crippen LogP contribution in [0.4, 0.5) is 10.1 Å². The van der Waals surface area contributed by atoms with Crippen molar-refractivity contribution in [2.45, 2.75) is 38.3 Å². The Hall–Kier alpha value is -2.07. The molecule has 3 nitrogen and oxygen atoms in total. The standard InChI is InChI=1S/C22H24ClFN2O/c1-22(2)13-16-14-25(21(27)15-6-8-17(23)9-7-15)11-10-20(16)26(22)19-5-3-4-18(24)12-19/h3-9,12,16,20H,10-11,13-14H2,1-2H3/t16-,20+/m1/s1. The van der Waals surface area contributed by atoms with Gasteiger partial charge in [-0.2, -0.15) is 0 Å². The van der Waals surface area contributed by atoms with Crippen LogP contribution in [0.2, 0.25) is 5.02 Å². The number of hydrogen-bond donors (Lipinski definition) is 0. The Morgan fingerprint density at radius 1 is 1.19 bits per heavy atom. The number of halogens is 2. The lowest BCUT2D eigenvalue weighted by Gasteiger charge is -2.42. The molecule has 142 valence electrons. The highest BCUT2D eigenvalue weighted by Crippen LogP contribution is 2.44. The third kappa shape index (κ3) is 3.43. The summed E-state index contributed by atoms with van der Waals surface area (Å²) in [5.41, 5.74) is 1.55. The predicted octanol–water partition coefficient (Wildman–Crippen LogP) is 5.00. The van der Waals surface area contributed by atoms with Gasteiger partial charge in [0.05, 0.1) is 0 Å². The fourth-order valence-corrected chi connectivity index (χ4v) is 5.00. The zero-order valence-electron chi connectivity index (χ0n) is 15.7. The first-order valence-electron chi connectivity index (χ1n) is 9.45. The Morgan fingerprint density at radius 2 is 1.93 bits per heavy atom. The van der Waals surface area contributed by atoms with E-state index in [4.69, 9.17) is 11.6 Å². The number of hydrogen-bond acceptors (Lipinski definition) is 2. The summed E-state index contributed by atoms with van der Waals surface area (Å²) in [6, 6.07) is 14.3. The molecule has 0 saturated carbocycles. The Labute approximate surface area is 164 Å². The molecule has 0 N–H and O–H groups in total. The van der Waals surface area contributed by atoms with E-state index in [1.807, 2.05) is 11.0 Å². The predicted molar refractivity (Wildman–Crippen MR) is 107 cm³/mol. The lowest BCUT2D eigenvalue weighted by molar-refractivity contribution is 0.0667. The fourth-order valence-electron chi connectivity index (χ4n) is 4.88. The van der Waals surface area contributed by atoms with E-state index in [0.29, 0.717) is 29.1 Å². The van der Waals surface area contributed by atoms with E-state index in [-0.39, 0.29) is 17.3 Å². The molecule has 2 heterocycles. The van der Waals surface area contributed by atoms with Gasteiger partial charge in [0.25, 0.3) is 5.91 Å². The van der Waals surface area contributed by atoms with Crippen LogP contribution in [0.15, 0.2) is 48.5 Å². The molecule has 2 aliphatic heterocycles. The first kappa shape index (κ1) is 18.3. The number of benzene rings is 2. The van der Waals surface area contributed by atoms with E-state index in [9.17, 15) is 9.18 Å². The highest BCUT2D eigenvalue weighted by Gasteiger charge is 2.48. The molecule has 1 amide bonds. The Bertz CT molecular complexity index is 852. The molecule has 2 aliphatic rings. The number of carbonyl (C=O) groups is 1. The van der Waals surface area contributed by atoms with Crippen molar-refractivity contribution in [3.8, 4) is 0 Å². The van der Waals surface area contributed by atoms with E-state index >= 15 is 0 Å². The van der Waals surface area contributed by atoms with Crippen LogP contribution in [0.25, 0.3) is 0 Å². The first-order valence-corrected chi connectivity index (χ1v) is 9.83. The quantitative estimate of drug-likeness (QED) is 0.725. The summed E-state index contributed by atoms with van der Waals surface area (Å²) in [7, 11) is 0. The number of fused-ring (bicyclic) bond motifs is 1. The molecule has 2 atom stereocenters. The zero-order valence-corrected chi connectivity index (χ0v) is 16.4. The highest BCUT2D eigenvalue weighted by atomic mass is 35.5. The molecule has 4 rings (SSSR count). The van der Waals surface area contributed by atoms with Gasteiger partial charge in [0.2, 0.25) is 0 Å². The highest BCUT2D eigenvalue weighted by molar-refractivity contribution is 6.30. The SMILES string of the molecule is CC1(C)C[C@@H]2CN(C(=O)c3ccc(Cl)cc3)CC[C@@H]2N1c1cccc(F)c1. The summed E-state index contributed by atoms with van der Waals surface area (Å²) < 4.78 is 13.8. The smallest absolute Gasteiger partial charge is 0.253 e. The van der Waals surface area contributed by atoms with Gasteiger partial charge in [-0.05, 0) is 75.1 Å². The number of rotatable bonds is 2. The Kier molecular flexibility index (Phi) is 4.63. The number of likely N-dealkylation sites (tertiary alicyclic amines) is 1. The van der Waals surface area contributed by atoms with Gasteiger partial charge in [0.1, 0.15) is 5.82 Å². The number of carbonyl (C=O) groups excluding carboxylic acids is 1. The summed E-state index contributed by atoms with van der Waals surface area (Å²) in [6.45, 7) is 5.87. The molecule has 0 bridgehead atoms. The van der Waals surface area contributed by atoms with E-state index in [0.717, 1.165) is 25.1 Å². The fraction of sp³-hybridized carbons (Fsp3) is 0.409. The normalized spacial score (nSPS) is 24.0. The zero-order chi connectivity index (χ0) is 19.2. The molecule has 0 aromatic heterocycles. The van der Waals surface area contributed by atoms with Crippen molar-refractivity contribution in [2.75, 3.05) is 18.0 Å². The van der Waals surface area contributed by atoms with Gasteiger partial charge < -0.3 is 9.80 Å². The molecule has 0 spiro atoms. The van der Waals surface area contributed by atoms with Crippen molar-refractivity contribution in [3.63, 3.8) is 0 Å². The average Bonchev–Trinajstić information content (AvgIpc) is 2.90. The minimum Gasteiger partial charge on any atom is -0.363 e. The molecule has 0 radical (unpaired) electrons. The summed E-state index contributed by atoms with van der Waals surface area (Å²) >= 11 is 5.93. The van der Waals surface area contributed by atoms with Crippen LogP contribution in [-0.2, 0) is 0 Å². The van der Waals surface area contributed by atoms with Crippen molar-refractivity contribution in [1.29, 1.82) is 0 Å². The molecule has 5 heteroatoms. The van der Waals surface area contributed by atoms with E-state index in [2.05, 4.69) is 18.7 Å². The lowest BCUT2D eigenvalue weighted by atomic mass is 9.89. The van der Waals surface area contributed by atoms with Gasteiger partial charge in [-0.1, -0.05) is 17.7 Å². The number of piperidine rings is 1. The van der Waals surface area contributed by atoms with Crippen molar-refractivity contribution in [2.24, 2.45) is 5.92 Å². The van der Waals surface area contributed by atoms with Gasteiger partial charge in [-0.3, -0.25) is 4.79 Å². The Balaban J connectivity index is 1.54. The summed E-state index contributed by atoms with van der Waals surface area (Å²) in [5.74, 6) is 0.238. The van der Waals surface area contributed by atoms with Crippen LogP contribution in [0, 0.1) is 11.7 Å². The maximum Gasteiger partial charge on any atom is 0.253 e. The van der Waals surface area contributed by atoms with Crippen LogP contribution in [0.3, 0.4) is 0 Å². The van der Waals surface area contributed by atoms with Gasteiger partial charge >= 0.3 is 0 Å². The van der Waals surface area contributed by atoms with Gasteiger partial charge in [-0.25, -0.2) is 4.39 Å². The second-order valence-corrected chi connectivity index (χ2v) is 8.68. The summed E-state index contributed by atoms with van der Waals surface area (Å²) in [5, 5.41) is 0.633. The molecule has 27 heavy (non-hydrogen) atoms. The van der Waals surface area contributed by atoms with Crippen LogP contribution in [-0.4, -0.2) is 35.5 Å². The van der Waals surface area contributed by atoms with Crippen molar-refractivity contribution >= 4 is 23.2 Å². The maximum atomic E-state index is 13.8. The average molecular weight is 387 g/mol. The van der Waals surface area contributed by atoms with Crippen molar-refractivity contribution in [3.05, 3.63) is 64.9 Å². The van der Waals surface area contributed by atoms with Gasteiger partial charge in [0.15, 0.2) is 0 Å². The minimum atomic E-state index is -0.206. The summed E-state index contributed by atoms with van der Waals surface area (Å²) in [6.07, 6.45) is 1.88. The van der Waals surface area contributed by atoms with Gasteiger partial charge in [-0.15, -0.1) is 0 Å². The van der Waals surface area contributed by atoms with E-state index in [1.165, 1.54) is 6.07 Å². The third-order valence-electron chi connectivity index (χ3n) is 5.90. The number of anilines is 1. The molecule has 2 aromatic carbocycles. The van der Waals surface area contributed by atoms with Crippen LogP contribution < -0.4 is 4.90 Å².